The fourth-order valence-electron chi connectivity index (χ4n) is 2.98. The summed E-state index contributed by atoms with van der Waals surface area (Å²) in [7, 11) is 0. The quantitative estimate of drug-likeness (QED) is 0.738. The van der Waals surface area contributed by atoms with Crippen molar-refractivity contribution in [1.29, 1.82) is 0 Å². The Labute approximate surface area is 153 Å². The molecule has 1 amide bonds. The Morgan fingerprint density at radius 1 is 1.27 bits per heavy atom. The second-order valence-electron chi connectivity index (χ2n) is 6.26. The Bertz CT molecular complexity index is 1020. The zero-order valence-corrected chi connectivity index (χ0v) is 14.7. The van der Waals surface area contributed by atoms with Crippen molar-refractivity contribution in [3.63, 3.8) is 0 Å². The van der Waals surface area contributed by atoms with Gasteiger partial charge >= 0.3 is 0 Å². The zero-order valence-electron chi connectivity index (χ0n) is 13.9. The number of aryl methyl sites for hydroxylation is 1. The van der Waals surface area contributed by atoms with Crippen LogP contribution in [0.5, 0.6) is 0 Å². The van der Waals surface area contributed by atoms with Gasteiger partial charge in [0.15, 0.2) is 0 Å². The first kappa shape index (κ1) is 16.7. The fourth-order valence-corrected chi connectivity index (χ4v) is 3.14. The number of fused-ring (bicyclic) bond motifs is 1. The molecule has 132 valence electrons. The number of amides is 1. The highest BCUT2D eigenvalue weighted by Crippen LogP contribution is 2.23. The maximum Gasteiger partial charge on any atom is 0.251 e. The number of hydrogen-bond donors (Lipinski definition) is 2. The number of aromatic amines is 1. The lowest BCUT2D eigenvalue weighted by atomic mass is 10.0. The minimum Gasteiger partial charge on any atom is -0.348 e. The minimum absolute atomic E-state index is 0.177. The molecule has 0 atom stereocenters. The molecule has 2 aromatic heterocycles. The number of nitrogens with zero attached hydrogens (tertiary/aromatic N) is 3. The summed E-state index contributed by atoms with van der Waals surface area (Å²) in [5.41, 5.74) is 3.94. The largest absolute Gasteiger partial charge is 0.348 e. The molecule has 1 aliphatic rings. The van der Waals surface area contributed by atoms with E-state index in [0.29, 0.717) is 46.2 Å². The number of carbonyl (C=O) groups excluding carboxylic acids is 1. The lowest BCUT2D eigenvalue weighted by Gasteiger charge is -2.07. The third kappa shape index (κ3) is 3.17. The molecule has 0 radical (unpaired) electrons. The van der Waals surface area contributed by atoms with Crippen LogP contribution in [0.25, 0.3) is 0 Å². The van der Waals surface area contributed by atoms with Gasteiger partial charge in [-0.05, 0) is 36.2 Å². The van der Waals surface area contributed by atoms with Crippen molar-refractivity contribution in [1.82, 2.24) is 25.5 Å². The van der Waals surface area contributed by atoms with Gasteiger partial charge in [-0.2, -0.15) is 5.10 Å². The minimum atomic E-state index is -0.372. The number of H-pyrrole nitrogens is 1. The molecule has 0 bridgehead atoms. The molecule has 1 aromatic carbocycles. The van der Waals surface area contributed by atoms with Crippen molar-refractivity contribution in [3.8, 4) is 0 Å². The van der Waals surface area contributed by atoms with Gasteiger partial charge in [-0.1, -0.05) is 11.6 Å². The van der Waals surface area contributed by atoms with Gasteiger partial charge in [0.2, 0.25) is 0 Å². The number of rotatable bonds is 4. The predicted molar refractivity (Wildman–Crippen MR) is 93.5 cm³/mol. The van der Waals surface area contributed by atoms with Crippen LogP contribution in [0.1, 0.15) is 44.4 Å². The maximum atomic E-state index is 14.4. The molecule has 3 heterocycles. The maximum absolute atomic E-state index is 14.4. The molecule has 0 saturated heterocycles. The van der Waals surface area contributed by atoms with E-state index in [0.717, 1.165) is 11.4 Å². The van der Waals surface area contributed by atoms with Crippen molar-refractivity contribution in [3.05, 3.63) is 74.8 Å². The molecule has 0 saturated carbocycles. The molecule has 0 spiro atoms. The summed E-state index contributed by atoms with van der Waals surface area (Å²) in [6.07, 6.45) is 2.14. The lowest BCUT2D eigenvalue weighted by molar-refractivity contribution is 0.0965. The average Bonchev–Trinajstić information content (AvgIpc) is 3.17. The summed E-state index contributed by atoms with van der Waals surface area (Å²) in [4.78, 5) is 20.5. The van der Waals surface area contributed by atoms with Crippen LogP contribution in [0.2, 0.25) is 5.02 Å². The third-order valence-corrected chi connectivity index (χ3v) is 4.59. The van der Waals surface area contributed by atoms with E-state index in [1.807, 2.05) is 13.0 Å². The average molecular weight is 372 g/mol. The van der Waals surface area contributed by atoms with E-state index in [-0.39, 0.29) is 18.1 Å². The van der Waals surface area contributed by atoms with Gasteiger partial charge < -0.3 is 5.32 Å². The molecule has 6 nitrogen and oxygen atoms in total. The number of hydrogen-bond acceptors (Lipinski definition) is 4. The molecular formula is C18H15ClFN5O. The molecular weight excluding hydrogens is 357 g/mol. The SMILES string of the molecule is Cc1cc(Cc2nc(Cc3cc4c(cc3F)CNC4=O)ncc2Cl)n[nH]1. The summed E-state index contributed by atoms with van der Waals surface area (Å²) < 4.78 is 14.4. The van der Waals surface area contributed by atoms with Gasteiger partial charge in [0, 0.05) is 36.8 Å². The van der Waals surface area contributed by atoms with Crippen LogP contribution >= 0.6 is 11.6 Å². The van der Waals surface area contributed by atoms with Crippen molar-refractivity contribution < 1.29 is 9.18 Å². The first-order valence-electron chi connectivity index (χ1n) is 8.10. The molecule has 0 unspecified atom stereocenters. The molecule has 3 aromatic rings. The highest BCUT2D eigenvalue weighted by molar-refractivity contribution is 6.31. The molecule has 1 aliphatic heterocycles. The third-order valence-electron chi connectivity index (χ3n) is 4.28. The first-order valence-corrected chi connectivity index (χ1v) is 8.48. The van der Waals surface area contributed by atoms with E-state index in [9.17, 15) is 9.18 Å². The van der Waals surface area contributed by atoms with Crippen molar-refractivity contribution in [2.75, 3.05) is 0 Å². The van der Waals surface area contributed by atoms with Crippen LogP contribution in [-0.2, 0) is 19.4 Å². The monoisotopic (exact) mass is 371 g/mol. The topological polar surface area (TPSA) is 83.6 Å². The van der Waals surface area contributed by atoms with Gasteiger partial charge in [-0.15, -0.1) is 0 Å². The van der Waals surface area contributed by atoms with Gasteiger partial charge in [0.05, 0.1) is 16.4 Å². The summed E-state index contributed by atoms with van der Waals surface area (Å²) in [5, 5.41) is 10.2. The van der Waals surface area contributed by atoms with Crippen molar-refractivity contribution >= 4 is 17.5 Å². The molecule has 0 fully saturated rings. The molecule has 2 N–H and O–H groups in total. The molecule has 8 heteroatoms. The number of halogens is 2. The van der Waals surface area contributed by atoms with Gasteiger partial charge in [0.25, 0.3) is 5.91 Å². The fraction of sp³-hybridized carbons (Fsp3) is 0.222. The summed E-state index contributed by atoms with van der Waals surface area (Å²) >= 11 is 6.19. The Kier molecular flexibility index (Phi) is 4.16. The second kappa shape index (κ2) is 6.49. The second-order valence-corrected chi connectivity index (χ2v) is 6.67. The van der Waals surface area contributed by atoms with E-state index >= 15 is 0 Å². The van der Waals surface area contributed by atoms with Crippen LogP contribution < -0.4 is 5.32 Å². The zero-order chi connectivity index (χ0) is 18.3. The predicted octanol–water partition coefficient (Wildman–Crippen LogP) is 2.73. The molecule has 0 aliphatic carbocycles. The Balaban J connectivity index is 1.62. The van der Waals surface area contributed by atoms with E-state index < -0.39 is 0 Å². The van der Waals surface area contributed by atoms with Crippen LogP contribution in [0, 0.1) is 12.7 Å². The number of aromatic nitrogens is 4. The normalized spacial score (nSPS) is 13.0. The van der Waals surface area contributed by atoms with E-state index in [1.54, 1.807) is 6.07 Å². The summed E-state index contributed by atoms with van der Waals surface area (Å²) in [6, 6.07) is 4.88. The summed E-state index contributed by atoms with van der Waals surface area (Å²) in [5.74, 6) is -0.120. The lowest BCUT2D eigenvalue weighted by Crippen LogP contribution is -2.12. The van der Waals surface area contributed by atoms with Crippen LogP contribution in [0.4, 0.5) is 4.39 Å². The Morgan fingerprint density at radius 3 is 2.88 bits per heavy atom. The van der Waals surface area contributed by atoms with Crippen molar-refractivity contribution in [2.45, 2.75) is 26.3 Å². The molecule has 4 rings (SSSR count). The van der Waals surface area contributed by atoms with Gasteiger partial charge in [-0.3, -0.25) is 9.89 Å². The standard InChI is InChI=1S/C18H15ClFN5O/c1-9-2-12(25-24-9)6-16-14(19)8-21-17(23-16)5-10-3-13-11(4-15(10)20)7-22-18(13)26/h2-4,8H,5-7H2,1H3,(H,22,26)(H,24,25). The Hall–Kier alpha value is -2.80. The van der Waals surface area contributed by atoms with Gasteiger partial charge in [0.1, 0.15) is 11.6 Å². The van der Waals surface area contributed by atoms with Crippen LogP contribution in [0.3, 0.4) is 0 Å². The van der Waals surface area contributed by atoms with E-state index in [4.69, 9.17) is 11.6 Å². The number of carbonyl (C=O) groups is 1. The first-order chi connectivity index (χ1) is 12.5. The Morgan fingerprint density at radius 2 is 2.12 bits per heavy atom. The van der Waals surface area contributed by atoms with E-state index in [2.05, 4.69) is 25.5 Å². The molecule has 26 heavy (non-hydrogen) atoms. The number of benzene rings is 1. The smallest absolute Gasteiger partial charge is 0.251 e. The van der Waals surface area contributed by atoms with Crippen molar-refractivity contribution in [2.24, 2.45) is 0 Å². The summed E-state index contributed by atoms with van der Waals surface area (Å²) in [6.45, 7) is 2.27. The highest BCUT2D eigenvalue weighted by atomic mass is 35.5. The highest BCUT2D eigenvalue weighted by Gasteiger charge is 2.22. The van der Waals surface area contributed by atoms with E-state index in [1.165, 1.54) is 12.3 Å². The van der Waals surface area contributed by atoms with Gasteiger partial charge in [-0.25, -0.2) is 14.4 Å². The number of nitrogens with one attached hydrogen (secondary N) is 2. The van der Waals surface area contributed by atoms with Crippen LogP contribution in [-0.4, -0.2) is 26.1 Å². The van der Waals surface area contributed by atoms with Crippen LogP contribution in [0.15, 0.2) is 24.4 Å².